The molecule has 0 rings (SSSR count). The second kappa shape index (κ2) is 17.0. The van der Waals surface area contributed by atoms with Gasteiger partial charge in [-0.05, 0) is 52.0 Å². The summed E-state index contributed by atoms with van der Waals surface area (Å²) in [4.78, 5) is 64.1. The van der Waals surface area contributed by atoms with E-state index in [1.807, 2.05) is 0 Å². The molecule has 0 radical (unpaired) electrons. The zero-order chi connectivity index (χ0) is 27.0. The van der Waals surface area contributed by atoms with Crippen LogP contribution in [0.1, 0.15) is 51.9 Å². The lowest BCUT2D eigenvalue weighted by molar-refractivity contribution is -0.143. The van der Waals surface area contributed by atoms with E-state index in [4.69, 9.17) is 28.0 Å². The van der Waals surface area contributed by atoms with Gasteiger partial charge in [-0.25, -0.2) is 4.79 Å². The molecule has 15 nitrogen and oxygen atoms in total. The van der Waals surface area contributed by atoms with E-state index in [1.165, 1.54) is 6.92 Å². The van der Waals surface area contributed by atoms with Crippen molar-refractivity contribution in [3.05, 3.63) is 0 Å². The number of rotatable bonds is 18. The van der Waals surface area contributed by atoms with Crippen molar-refractivity contribution in [2.75, 3.05) is 13.1 Å². The third-order valence-electron chi connectivity index (χ3n) is 4.83. The highest BCUT2D eigenvalue weighted by atomic mass is 16.4. The van der Waals surface area contributed by atoms with Crippen LogP contribution in [0.3, 0.4) is 0 Å². The predicted octanol–water partition coefficient (Wildman–Crippen LogP) is -3.08. The van der Waals surface area contributed by atoms with Crippen LogP contribution in [0, 0.1) is 0 Å². The number of amides is 3. The zero-order valence-corrected chi connectivity index (χ0v) is 19.9. The first-order valence-corrected chi connectivity index (χ1v) is 11.3. The molecule has 13 N–H and O–H groups in total. The number of aliphatic imine (C=N–C) groups is 1. The molecule has 0 aromatic heterocycles. The van der Waals surface area contributed by atoms with E-state index in [1.54, 1.807) is 0 Å². The molecule has 0 saturated heterocycles. The first kappa shape index (κ1) is 31.5. The van der Waals surface area contributed by atoms with E-state index in [2.05, 4.69) is 20.9 Å². The number of aliphatic carboxylic acids is 2. The Morgan fingerprint density at radius 2 is 1.31 bits per heavy atom. The summed E-state index contributed by atoms with van der Waals surface area (Å²) in [7, 11) is 0. The van der Waals surface area contributed by atoms with E-state index >= 15 is 0 Å². The maximum atomic E-state index is 12.9. The molecule has 4 unspecified atom stereocenters. The van der Waals surface area contributed by atoms with E-state index < -0.39 is 60.2 Å². The molecule has 0 aliphatic rings. The first-order chi connectivity index (χ1) is 16.4. The van der Waals surface area contributed by atoms with Crippen LogP contribution in [0.25, 0.3) is 0 Å². The summed E-state index contributed by atoms with van der Waals surface area (Å²) in [6.45, 7) is 1.95. The predicted molar refractivity (Wildman–Crippen MR) is 127 cm³/mol. The topological polar surface area (TPSA) is 278 Å². The molecule has 15 heteroatoms. The van der Waals surface area contributed by atoms with Crippen LogP contribution < -0.4 is 38.9 Å². The number of nitrogens with zero attached hydrogens (tertiary/aromatic N) is 1. The quantitative estimate of drug-likeness (QED) is 0.0514. The van der Waals surface area contributed by atoms with Gasteiger partial charge in [-0.1, -0.05) is 0 Å². The molecule has 3 amide bonds. The molecule has 0 aromatic carbocycles. The number of carboxylic acids is 2. The van der Waals surface area contributed by atoms with Crippen molar-refractivity contribution in [3.63, 3.8) is 0 Å². The van der Waals surface area contributed by atoms with Crippen LogP contribution in [0.5, 0.6) is 0 Å². The maximum Gasteiger partial charge on any atom is 0.326 e. The van der Waals surface area contributed by atoms with Crippen molar-refractivity contribution in [1.29, 1.82) is 0 Å². The molecule has 200 valence electrons. The van der Waals surface area contributed by atoms with E-state index in [9.17, 15) is 29.1 Å². The Morgan fingerprint density at radius 1 is 0.800 bits per heavy atom. The molecule has 0 heterocycles. The Bertz CT molecular complexity index is 756. The Balaban J connectivity index is 5.50. The molecular weight excluding hydrogens is 464 g/mol. The fraction of sp³-hybridized carbons (Fsp3) is 0.700. The number of nitrogens with one attached hydrogen (secondary N) is 3. The monoisotopic (exact) mass is 502 g/mol. The third-order valence-corrected chi connectivity index (χ3v) is 4.83. The molecule has 4 atom stereocenters. The van der Waals surface area contributed by atoms with Gasteiger partial charge >= 0.3 is 11.9 Å². The van der Waals surface area contributed by atoms with Crippen molar-refractivity contribution in [1.82, 2.24) is 16.0 Å². The number of carbonyl (C=O) groups is 5. The van der Waals surface area contributed by atoms with Gasteiger partial charge < -0.3 is 49.1 Å². The van der Waals surface area contributed by atoms with Gasteiger partial charge in [0, 0.05) is 13.0 Å². The Morgan fingerprint density at radius 3 is 1.80 bits per heavy atom. The van der Waals surface area contributed by atoms with Gasteiger partial charge in [0.1, 0.15) is 18.1 Å². The average molecular weight is 503 g/mol. The summed E-state index contributed by atoms with van der Waals surface area (Å²) in [5, 5.41) is 25.6. The summed E-state index contributed by atoms with van der Waals surface area (Å²) in [6, 6.07) is -4.64. The highest BCUT2D eigenvalue weighted by Crippen LogP contribution is 2.06. The highest BCUT2D eigenvalue weighted by Gasteiger charge is 2.30. The molecule has 0 aromatic rings. The highest BCUT2D eigenvalue weighted by molar-refractivity contribution is 5.94. The minimum Gasteiger partial charge on any atom is -0.481 e. The lowest BCUT2D eigenvalue weighted by Crippen LogP contribution is -2.57. The molecule has 0 aliphatic carbocycles. The number of carbonyl (C=O) groups excluding carboxylic acids is 3. The van der Waals surface area contributed by atoms with Crippen molar-refractivity contribution in [2.45, 2.75) is 76.0 Å². The Hall–Kier alpha value is -3.46. The summed E-state index contributed by atoms with van der Waals surface area (Å²) < 4.78 is 0. The summed E-state index contributed by atoms with van der Waals surface area (Å²) in [5.74, 6) is -4.89. The van der Waals surface area contributed by atoms with Crippen LogP contribution in [-0.4, -0.2) is 83.1 Å². The number of guanidine groups is 1. The second-order valence-corrected chi connectivity index (χ2v) is 7.98. The third kappa shape index (κ3) is 14.4. The minimum atomic E-state index is -1.36. The molecule has 0 fully saturated rings. The molecule has 35 heavy (non-hydrogen) atoms. The molecule has 0 saturated carbocycles. The van der Waals surface area contributed by atoms with Gasteiger partial charge in [0.15, 0.2) is 5.96 Å². The van der Waals surface area contributed by atoms with Crippen LogP contribution in [0.2, 0.25) is 0 Å². The summed E-state index contributed by atoms with van der Waals surface area (Å²) in [6.07, 6.45) is 0.722. The standard InChI is InChI=1S/C20H38N8O7/c1-11(22)16(31)26-12(6-4-10-25-20(23)24)17(32)27-13(7-8-15(29)30)18(33)28-14(19(34)35)5-2-3-9-21/h11-14H,2-10,21-22H2,1H3,(H,26,31)(H,27,32)(H,28,33)(H,29,30)(H,34,35)(H4,23,24,25). The van der Waals surface area contributed by atoms with Crippen molar-refractivity contribution in [3.8, 4) is 0 Å². The fourth-order valence-corrected chi connectivity index (χ4v) is 2.91. The number of hydrogen-bond donors (Lipinski definition) is 9. The van der Waals surface area contributed by atoms with Gasteiger partial charge in [0.2, 0.25) is 17.7 Å². The first-order valence-electron chi connectivity index (χ1n) is 11.3. The average Bonchev–Trinajstić information content (AvgIpc) is 2.76. The Kier molecular flexibility index (Phi) is 15.4. The van der Waals surface area contributed by atoms with Crippen LogP contribution >= 0.6 is 0 Å². The SMILES string of the molecule is CC(N)C(=O)NC(CCCN=C(N)N)C(=O)NC(CCC(=O)O)C(=O)NC(CCCCN)C(=O)O. The molecule has 0 spiro atoms. The van der Waals surface area contributed by atoms with Crippen LogP contribution in [0.4, 0.5) is 0 Å². The van der Waals surface area contributed by atoms with Crippen molar-refractivity contribution < 1.29 is 34.2 Å². The smallest absolute Gasteiger partial charge is 0.326 e. The van der Waals surface area contributed by atoms with Gasteiger partial charge in [0.05, 0.1) is 6.04 Å². The Labute approximate surface area is 203 Å². The van der Waals surface area contributed by atoms with E-state index in [-0.39, 0.29) is 31.8 Å². The molecule has 0 aliphatic heterocycles. The lowest BCUT2D eigenvalue weighted by Gasteiger charge is -2.24. The number of carboxylic acid groups (broad SMARTS) is 2. The normalized spacial score (nSPS) is 14.0. The maximum absolute atomic E-state index is 12.9. The summed E-state index contributed by atoms with van der Waals surface area (Å²) in [5.41, 5.74) is 21.5. The number of unbranched alkanes of at least 4 members (excludes halogenated alkanes) is 1. The van der Waals surface area contributed by atoms with Gasteiger partial charge in [-0.2, -0.15) is 0 Å². The zero-order valence-electron chi connectivity index (χ0n) is 19.9. The van der Waals surface area contributed by atoms with Gasteiger partial charge in [-0.15, -0.1) is 0 Å². The van der Waals surface area contributed by atoms with Crippen molar-refractivity contribution in [2.24, 2.45) is 27.9 Å². The fourth-order valence-electron chi connectivity index (χ4n) is 2.91. The summed E-state index contributed by atoms with van der Waals surface area (Å²) >= 11 is 0. The van der Waals surface area contributed by atoms with E-state index in [0.29, 0.717) is 25.8 Å². The number of hydrogen-bond acceptors (Lipinski definition) is 8. The van der Waals surface area contributed by atoms with Crippen LogP contribution in [0.15, 0.2) is 4.99 Å². The van der Waals surface area contributed by atoms with Crippen LogP contribution in [-0.2, 0) is 24.0 Å². The second-order valence-electron chi connectivity index (χ2n) is 7.98. The number of nitrogens with two attached hydrogens (primary N) is 4. The largest absolute Gasteiger partial charge is 0.481 e. The van der Waals surface area contributed by atoms with Gasteiger partial charge in [-0.3, -0.25) is 24.2 Å². The minimum absolute atomic E-state index is 0.0885. The van der Waals surface area contributed by atoms with E-state index in [0.717, 1.165) is 0 Å². The van der Waals surface area contributed by atoms with Gasteiger partial charge in [0.25, 0.3) is 0 Å². The van der Waals surface area contributed by atoms with Crippen molar-refractivity contribution >= 4 is 35.6 Å². The molecular formula is C20H38N8O7. The lowest BCUT2D eigenvalue weighted by atomic mass is 10.1. The molecule has 0 bridgehead atoms.